The largest absolute Gasteiger partial charge is 0.462 e. The Labute approximate surface area is 282 Å². The Morgan fingerprint density at radius 1 is 0.809 bits per heavy atom. The van der Waals surface area contributed by atoms with Crippen LogP contribution in [0.1, 0.15) is 49.7 Å². The molecule has 2 aromatic carbocycles. The number of benzene rings is 2. The molecule has 8 nitrogen and oxygen atoms in total. The molecule has 2 aliphatic carbocycles. The molecule has 3 N–H and O–H groups in total. The molecule has 47 heavy (non-hydrogen) atoms. The first-order valence-electron chi connectivity index (χ1n) is 16.5. The molecule has 2 heterocycles. The molecule has 250 valence electrons. The van der Waals surface area contributed by atoms with Gasteiger partial charge in [0.25, 0.3) is 0 Å². The van der Waals surface area contributed by atoms with Crippen LogP contribution in [0.4, 0.5) is 0 Å². The Hall–Kier alpha value is -2.38. The molecule has 2 aromatic rings. The lowest BCUT2D eigenvalue weighted by molar-refractivity contribution is -0.142. The van der Waals surface area contributed by atoms with E-state index in [9.17, 15) is 24.9 Å². The highest BCUT2D eigenvalue weighted by atomic mass is 32.0. The summed E-state index contributed by atoms with van der Waals surface area (Å²) in [6, 6.07) is 20.2. The summed E-state index contributed by atoms with van der Waals surface area (Å²) in [5.74, 6) is -0.183. The van der Waals surface area contributed by atoms with Crippen molar-refractivity contribution in [2.24, 2.45) is 23.7 Å². The van der Waals surface area contributed by atoms with Gasteiger partial charge in [0, 0.05) is 36.5 Å². The van der Waals surface area contributed by atoms with Gasteiger partial charge < -0.3 is 29.3 Å². The fourth-order valence-electron chi connectivity index (χ4n) is 7.24. The molecule has 0 aromatic heterocycles. The quantitative estimate of drug-likeness (QED) is 0.124. The van der Waals surface area contributed by atoms with Crippen molar-refractivity contribution in [1.82, 2.24) is 0 Å². The van der Waals surface area contributed by atoms with E-state index in [0.717, 1.165) is 12.8 Å². The summed E-state index contributed by atoms with van der Waals surface area (Å²) in [5, 5.41) is 30.4. The highest BCUT2D eigenvalue weighted by Gasteiger charge is 2.50. The van der Waals surface area contributed by atoms with Crippen LogP contribution in [0.25, 0.3) is 0 Å². The molecule has 0 bridgehead atoms. The predicted octanol–water partition coefficient (Wildman–Crippen LogP) is 4.99. The standard InChI is InChI=1S/C18H23BO4P2.C18H22O4/c19-25(24)23-17-11-16-15(10-18(21)22-16)14(17)9-8-13(20)7-6-12-4-2-1-3-5-12;19-13(7-6-12-4-2-1-3-5-12)8-9-14-15-10-18(21)22-17(15)11-16(14)20/h1-5,8-9,13-17,20H,6-7,10-11,24H2;1-5,8-9,13-17,19-20H,6-7,10-11H2/b2*9-8+/t13?,14?,15-,16+,17-,25?;13?,14?,15-,16-,17+/m11/s1. The molecule has 2 aliphatic heterocycles. The van der Waals surface area contributed by atoms with Crippen molar-refractivity contribution in [3.63, 3.8) is 0 Å². The molecule has 12 atom stereocenters. The van der Waals surface area contributed by atoms with Crippen molar-refractivity contribution in [1.29, 1.82) is 0 Å². The first-order chi connectivity index (χ1) is 22.7. The second-order valence-corrected chi connectivity index (χ2v) is 15.4. The highest BCUT2D eigenvalue weighted by Crippen LogP contribution is 2.50. The number of fused-ring (bicyclic) bond motifs is 2. The van der Waals surface area contributed by atoms with Gasteiger partial charge >= 0.3 is 11.9 Å². The van der Waals surface area contributed by atoms with Gasteiger partial charge in [0.15, 0.2) is 7.57 Å². The van der Waals surface area contributed by atoms with Crippen molar-refractivity contribution < 1.29 is 38.9 Å². The molecule has 0 spiro atoms. The molecule has 4 fully saturated rings. The van der Waals surface area contributed by atoms with Crippen molar-refractivity contribution >= 4 is 36.1 Å². The molecule has 2 radical (unpaired) electrons. The van der Waals surface area contributed by atoms with Gasteiger partial charge in [-0.15, -0.1) is 0 Å². The average molecular weight is 679 g/mol. The Kier molecular flexibility index (Phi) is 13.2. The zero-order valence-electron chi connectivity index (χ0n) is 26.5. The Balaban J connectivity index is 0.000000186. The number of carbonyl (C=O) groups is 2. The van der Waals surface area contributed by atoms with Crippen molar-refractivity contribution in [3.8, 4) is 0 Å². The van der Waals surface area contributed by atoms with Crippen LogP contribution in [0.2, 0.25) is 0 Å². The minimum atomic E-state index is -1.05. The average Bonchev–Trinajstić information content (AvgIpc) is 3.76. The molecular formula is C36H45BO8P2. The first kappa shape index (κ1) is 35.9. The maximum Gasteiger partial charge on any atom is 0.306 e. The van der Waals surface area contributed by atoms with E-state index in [1.165, 1.54) is 11.1 Å². The monoisotopic (exact) mass is 678 g/mol. The van der Waals surface area contributed by atoms with E-state index in [-0.39, 0.29) is 53.9 Å². The van der Waals surface area contributed by atoms with Crippen molar-refractivity contribution in [2.75, 3.05) is 0 Å². The second kappa shape index (κ2) is 17.3. The molecular weight excluding hydrogens is 633 g/mol. The zero-order valence-corrected chi connectivity index (χ0v) is 28.5. The number of ether oxygens (including phenoxy) is 2. The lowest BCUT2D eigenvalue weighted by Gasteiger charge is -2.22. The molecule has 2 saturated carbocycles. The normalized spacial score (nSPS) is 31.6. The van der Waals surface area contributed by atoms with Crippen molar-refractivity contribution in [2.45, 2.75) is 88.0 Å². The predicted molar refractivity (Wildman–Crippen MR) is 185 cm³/mol. The summed E-state index contributed by atoms with van der Waals surface area (Å²) in [6.07, 6.45) is 10.5. The van der Waals surface area contributed by atoms with E-state index in [1.807, 2.05) is 66.8 Å². The summed E-state index contributed by atoms with van der Waals surface area (Å²) < 4.78 is 16.4. The van der Waals surface area contributed by atoms with Gasteiger partial charge in [-0.1, -0.05) is 93.9 Å². The van der Waals surface area contributed by atoms with Gasteiger partial charge in [0.1, 0.15) is 12.2 Å². The van der Waals surface area contributed by atoms with Crippen LogP contribution in [-0.2, 0) is 36.4 Å². The highest BCUT2D eigenvalue weighted by molar-refractivity contribution is 8.23. The van der Waals surface area contributed by atoms with E-state index in [1.54, 1.807) is 6.08 Å². The Morgan fingerprint density at radius 3 is 1.79 bits per heavy atom. The number of rotatable bonds is 12. The lowest BCUT2D eigenvalue weighted by atomic mass is 9.91. The van der Waals surface area contributed by atoms with Gasteiger partial charge in [-0.05, 0) is 44.5 Å². The number of aliphatic hydroxyl groups is 3. The van der Waals surface area contributed by atoms with Gasteiger partial charge in [-0.25, -0.2) is 0 Å². The third-order valence-electron chi connectivity index (χ3n) is 9.64. The molecule has 2 saturated heterocycles. The van der Waals surface area contributed by atoms with E-state index < -0.39 is 26.0 Å². The third kappa shape index (κ3) is 10.3. The van der Waals surface area contributed by atoms with Crippen molar-refractivity contribution in [3.05, 3.63) is 96.1 Å². The molecule has 6 unspecified atom stereocenters. The van der Waals surface area contributed by atoms with Crippen LogP contribution < -0.4 is 0 Å². The molecule has 4 aliphatic rings. The SMILES string of the molecule is O=C1C[C@@H]2C(/C=C/C(O)CCc3ccccc3)[C@H](O)C[C@@H]2O1.[B]P(P)O[C@@H]1C[C@@H]2OC(=O)C[C@@H]2C1/C=C/C(O)CCc1ccccc1. The van der Waals surface area contributed by atoms with Crippen LogP contribution in [0.15, 0.2) is 85.0 Å². The minimum Gasteiger partial charge on any atom is -0.462 e. The van der Waals surface area contributed by atoms with Gasteiger partial charge in [-0.3, -0.25) is 9.59 Å². The summed E-state index contributed by atoms with van der Waals surface area (Å²) in [5.41, 5.74) is 2.41. The number of esters is 2. The number of carbonyl (C=O) groups excluding carboxylic acids is 2. The van der Waals surface area contributed by atoms with E-state index in [0.29, 0.717) is 38.5 Å². The Morgan fingerprint density at radius 2 is 1.28 bits per heavy atom. The molecule has 11 heteroatoms. The number of hydrogen-bond acceptors (Lipinski definition) is 8. The number of hydrogen-bond donors (Lipinski definition) is 3. The third-order valence-corrected chi connectivity index (χ3v) is 10.5. The van der Waals surface area contributed by atoms with Crippen LogP contribution in [0, 0.1) is 23.7 Å². The fourth-order valence-corrected chi connectivity index (χ4v) is 8.25. The number of aliphatic hydroxyl groups excluding tert-OH is 3. The van der Waals surface area contributed by atoms with Crippen LogP contribution >= 0.6 is 16.6 Å². The van der Waals surface area contributed by atoms with Gasteiger partial charge in [-0.2, -0.15) is 0 Å². The second-order valence-electron chi connectivity index (χ2n) is 12.9. The smallest absolute Gasteiger partial charge is 0.306 e. The van der Waals surface area contributed by atoms with Gasteiger partial charge in [0.2, 0.25) is 0 Å². The van der Waals surface area contributed by atoms with E-state index in [4.69, 9.17) is 21.6 Å². The lowest BCUT2D eigenvalue weighted by Crippen LogP contribution is -2.20. The zero-order chi connectivity index (χ0) is 33.3. The fraction of sp³-hybridized carbons (Fsp3) is 0.500. The topological polar surface area (TPSA) is 123 Å². The summed E-state index contributed by atoms with van der Waals surface area (Å²) in [6.45, 7) is 0. The van der Waals surface area contributed by atoms with E-state index in [2.05, 4.69) is 21.1 Å². The van der Waals surface area contributed by atoms with E-state index >= 15 is 0 Å². The van der Waals surface area contributed by atoms with Crippen LogP contribution in [-0.4, -0.2) is 71.4 Å². The molecule has 6 rings (SSSR count). The molecule has 0 amide bonds. The minimum absolute atomic E-state index is 0.0527. The van der Waals surface area contributed by atoms with Gasteiger partial charge in [0.05, 0.1) is 37.3 Å². The number of aryl methyl sites for hydroxylation is 2. The maximum atomic E-state index is 11.6. The Bertz CT molecular complexity index is 1360. The van der Waals surface area contributed by atoms with Crippen LogP contribution in [0.5, 0.6) is 0 Å². The maximum absolute atomic E-state index is 11.6. The van der Waals surface area contributed by atoms with Crippen LogP contribution in [0.3, 0.4) is 0 Å². The summed E-state index contributed by atoms with van der Waals surface area (Å²) >= 11 is 0. The first-order valence-corrected chi connectivity index (χ1v) is 19.4. The summed E-state index contributed by atoms with van der Waals surface area (Å²) in [4.78, 5) is 22.9. The summed E-state index contributed by atoms with van der Waals surface area (Å²) in [7, 11) is 7.24.